The molecule has 0 unspecified atom stereocenters. The third-order valence-electron chi connectivity index (χ3n) is 13.2. The van der Waals surface area contributed by atoms with Gasteiger partial charge in [-0.25, -0.2) is 4.98 Å². The summed E-state index contributed by atoms with van der Waals surface area (Å²) in [6.07, 6.45) is 0. The van der Waals surface area contributed by atoms with Crippen molar-refractivity contribution in [1.82, 2.24) is 24.1 Å². The number of para-hydroxylation sites is 3. The van der Waals surface area contributed by atoms with Crippen molar-refractivity contribution in [1.29, 1.82) is 0 Å². The summed E-state index contributed by atoms with van der Waals surface area (Å²) in [5.41, 5.74) is 16.2. The van der Waals surface area contributed by atoms with Crippen LogP contribution in [-0.2, 0) is 0 Å². The van der Waals surface area contributed by atoms with Crippen molar-refractivity contribution in [3.63, 3.8) is 0 Å². The fraction of sp³-hybridized carbons (Fsp3) is 0. The minimum atomic E-state index is 0.541. The standard InChI is InChI=1S/C63H41N5/c1-4-18-42(19-5-1)44-34-36-45(37-35-44)48-25-17-27-50(41-48)62-64-61(49-26-16-24-47(40-49)43-20-6-2-7-21-43)65-63(66-62)68-58-33-15-12-30-53(58)55-39-38-54-52-29-11-14-32-57(52)67(59(54)60(55)68)56-31-13-10-28-51(56)46-22-8-3-9-23-46/h1-41H. The second kappa shape index (κ2) is 16.4. The van der Waals surface area contributed by atoms with E-state index in [0.717, 1.165) is 88.4 Å². The summed E-state index contributed by atoms with van der Waals surface area (Å²) in [6, 6.07) is 88.1. The summed E-state index contributed by atoms with van der Waals surface area (Å²) in [4.78, 5) is 16.3. The van der Waals surface area contributed by atoms with E-state index in [1.165, 1.54) is 16.5 Å². The molecule has 5 heteroatoms. The Labute approximate surface area is 393 Å². The van der Waals surface area contributed by atoms with E-state index in [2.05, 4.69) is 252 Å². The largest absolute Gasteiger partial charge is 0.307 e. The van der Waals surface area contributed by atoms with Crippen LogP contribution in [0.25, 0.3) is 123 Å². The molecule has 0 N–H and O–H groups in total. The number of benzene rings is 10. The van der Waals surface area contributed by atoms with E-state index in [9.17, 15) is 0 Å². The molecule has 13 aromatic rings. The molecular formula is C63H41N5. The minimum Gasteiger partial charge on any atom is -0.307 e. The fourth-order valence-corrected chi connectivity index (χ4v) is 10.0. The van der Waals surface area contributed by atoms with Crippen LogP contribution in [0.2, 0.25) is 0 Å². The van der Waals surface area contributed by atoms with Crippen molar-refractivity contribution in [3.05, 3.63) is 249 Å². The van der Waals surface area contributed by atoms with Gasteiger partial charge in [0.05, 0.1) is 27.8 Å². The number of rotatable bonds is 8. The Hall–Kier alpha value is -9.19. The lowest BCUT2D eigenvalue weighted by Gasteiger charge is -2.16. The topological polar surface area (TPSA) is 48.5 Å². The molecule has 0 fully saturated rings. The molecule has 5 nitrogen and oxygen atoms in total. The molecule has 0 bridgehead atoms. The molecule has 0 atom stereocenters. The average Bonchev–Trinajstić information content (AvgIpc) is 3.95. The van der Waals surface area contributed by atoms with E-state index in [-0.39, 0.29) is 0 Å². The third kappa shape index (κ3) is 6.68. The van der Waals surface area contributed by atoms with Crippen LogP contribution >= 0.6 is 0 Å². The lowest BCUT2D eigenvalue weighted by molar-refractivity contribution is 0.953. The zero-order valence-corrected chi connectivity index (χ0v) is 36.9. The van der Waals surface area contributed by atoms with Crippen molar-refractivity contribution in [3.8, 4) is 78.9 Å². The predicted molar refractivity (Wildman–Crippen MR) is 281 cm³/mol. The maximum Gasteiger partial charge on any atom is 0.238 e. The quantitative estimate of drug-likeness (QED) is 0.153. The maximum absolute atomic E-state index is 5.50. The van der Waals surface area contributed by atoms with Crippen LogP contribution < -0.4 is 0 Å². The van der Waals surface area contributed by atoms with Crippen molar-refractivity contribution in [2.24, 2.45) is 0 Å². The van der Waals surface area contributed by atoms with Gasteiger partial charge in [-0.1, -0.05) is 218 Å². The predicted octanol–water partition coefficient (Wildman–Crippen LogP) is 16.1. The third-order valence-corrected chi connectivity index (χ3v) is 13.2. The first kappa shape index (κ1) is 39.2. The summed E-state index contributed by atoms with van der Waals surface area (Å²) < 4.78 is 4.72. The second-order valence-corrected chi connectivity index (χ2v) is 17.2. The molecule has 318 valence electrons. The van der Waals surface area contributed by atoms with Gasteiger partial charge in [0.1, 0.15) is 0 Å². The van der Waals surface area contributed by atoms with Crippen LogP contribution in [0, 0.1) is 0 Å². The number of hydrogen-bond acceptors (Lipinski definition) is 3. The molecule has 10 aromatic carbocycles. The molecule has 0 aliphatic heterocycles. The highest BCUT2D eigenvalue weighted by Crippen LogP contribution is 2.43. The smallest absolute Gasteiger partial charge is 0.238 e. The molecular weight excluding hydrogens is 827 g/mol. The lowest BCUT2D eigenvalue weighted by Crippen LogP contribution is -2.07. The number of nitrogens with zero attached hydrogens (tertiary/aromatic N) is 5. The normalized spacial score (nSPS) is 11.5. The Balaban J connectivity index is 1.08. The van der Waals surface area contributed by atoms with Crippen LogP contribution in [0.3, 0.4) is 0 Å². The zero-order chi connectivity index (χ0) is 45.0. The SMILES string of the molecule is c1ccc(-c2ccc(-c3cccc(-c4nc(-c5cccc(-c6ccccc6)c5)nc(-n5c6ccccc6c6ccc7c8ccccc8n(-c8ccccc8-c8ccccc8)c7c65)n4)c3)cc2)cc1. The Morgan fingerprint density at radius 3 is 1.22 bits per heavy atom. The van der Waals surface area contributed by atoms with Gasteiger partial charge in [0.25, 0.3) is 0 Å². The molecule has 13 rings (SSSR count). The summed E-state index contributed by atoms with van der Waals surface area (Å²) in [7, 11) is 0. The van der Waals surface area contributed by atoms with Gasteiger partial charge in [0.15, 0.2) is 11.6 Å². The molecule has 0 amide bonds. The molecule has 0 aliphatic carbocycles. The van der Waals surface area contributed by atoms with E-state index >= 15 is 0 Å². The zero-order valence-electron chi connectivity index (χ0n) is 36.9. The molecule has 3 aromatic heterocycles. The van der Waals surface area contributed by atoms with Gasteiger partial charge < -0.3 is 4.57 Å². The average molecular weight is 868 g/mol. The highest BCUT2D eigenvalue weighted by molar-refractivity contribution is 6.24. The summed E-state index contributed by atoms with van der Waals surface area (Å²) >= 11 is 0. The van der Waals surface area contributed by atoms with Gasteiger partial charge in [0.2, 0.25) is 5.95 Å². The van der Waals surface area contributed by atoms with Crippen molar-refractivity contribution in [2.75, 3.05) is 0 Å². The maximum atomic E-state index is 5.50. The number of fused-ring (bicyclic) bond motifs is 7. The minimum absolute atomic E-state index is 0.541. The number of aromatic nitrogens is 5. The van der Waals surface area contributed by atoms with Gasteiger partial charge in [-0.3, -0.25) is 4.57 Å². The van der Waals surface area contributed by atoms with Gasteiger partial charge in [-0.2, -0.15) is 9.97 Å². The first-order chi connectivity index (χ1) is 33.7. The van der Waals surface area contributed by atoms with Gasteiger partial charge in [-0.05, 0) is 69.3 Å². The number of hydrogen-bond donors (Lipinski definition) is 0. The Bertz CT molecular complexity index is 4000. The second-order valence-electron chi connectivity index (χ2n) is 17.2. The summed E-state index contributed by atoms with van der Waals surface area (Å²) in [5, 5.41) is 4.56. The van der Waals surface area contributed by atoms with Crippen LogP contribution in [0.1, 0.15) is 0 Å². The summed E-state index contributed by atoms with van der Waals surface area (Å²) in [5.74, 6) is 1.72. The Morgan fingerprint density at radius 1 is 0.250 bits per heavy atom. The first-order valence-corrected chi connectivity index (χ1v) is 23.0. The monoisotopic (exact) mass is 867 g/mol. The molecule has 0 spiro atoms. The van der Waals surface area contributed by atoms with Crippen LogP contribution in [0.4, 0.5) is 0 Å². The Kier molecular flexibility index (Phi) is 9.43. The highest BCUT2D eigenvalue weighted by atomic mass is 15.2. The highest BCUT2D eigenvalue weighted by Gasteiger charge is 2.24. The van der Waals surface area contributed by atoms with E-state index in [4.69, 9.17) is 15.0 Å². The first-order valence-electron chi connectivity index (χ1n) is 23.0. The molecule has 0 saturated carbocycles. The fourth-order valence-electron chi connectivity index (χ4n) is 10.0. The van der Waals surface area contributed by atoms with Crippen molar-refractivity contribution >= 4 is 43.6 Å². The molecule has 3 heterocycles. The lowest BCUT2D eigenvalue weighted by atomic mass is 9.99. The molecule has 0 saturated heterocycles. The van der Waals surface area contributed by atoms with Gasteiger partial charge >= 0.3 is 0 Å². The van der Waals surface area contributed by atoms with Crippen molar-refractivity contribution < 1.29 is 0 Å². The molecule has 0 aliphatic rings. The van der Waals surface area contributed by atoms with Crippen LogP contribution in [0.15, 0.2) is 249 Å². The summed E-state index contributed by atoms with van der Waals surface area (Å²) in [6.45, 7) is 0. The van der Waals surface area contributed by atoms with Crippen LogP contribution in [-0.4, -0.2) is 24.1 Å². The van der Waals surface area contributed by atoms with E-state index in [0.29, 0.717) is 17.6 Å². The van der Waals surface area contributed by atoms with E-state index in [1.54, 1.807) is 0 Å². The molecule has 0 radical (unpaired) electrons. The van der Waals surface area contributed by atoms with Crippen LogP contribution in [0.5, 0.6) is 0 Å². The molecule has 68 heavy (non-hydrogen) atoms. The van der Waals surface area contributed by atoms with E-state index < -0.39 is 0 Å². The van der Waals surface area contributed by atoms with E-state index in [1.807, 2.05) is 6.07 Å². The van der Waals surface area contributed by atoms with Gasteiger partial charge in [0, 0.05) is 38.2 Å². The Morgan fingerprint density at radius 2 is 0.647 bits per heavy atom. The van der Waals surface area contributed by atoms with Crippen molar-refractivity contribution in [2.45, 2.75) is 0 Å². The van der Waals surface area contributed by atoms with Gasteiger partial charge in [-0.15, -0.1) is 0 Å².